The summed E-state index contributed by atoms with van der Waals surface area (Å²) in [5.74, 6) is 0. The number of aromatic nitrogens is 3. The molecule has 1 atom stereocenters. The van der Waals surface area contributed by atoms with Crippen LogP contribution in [0.4, 0.5) is 0 Å². The smallest absolute Gasteiger partial charge is 0.116 e. The van der Waals surface area contributed by atoms with Gasteiger partial charge in [-0.2, -0.15) is 0 Å². The van der Waals surface area contributed by atoms with E-state index in [1.165, 1.54) is 12.8 Å². The van der Waals surface area contributed by atoms with Crippen molar-refractivity contribution in [2.75, 3.05) is 6.54 Å². The highest BCUT2D eigenvalue weighted by Gasteiger charge is 2.18. The van der Waals surface area contributed by atoms with Crippen LogP contribution in [0.2, 0.25) is 0 Å². The molecule has 0 bridgehead atoms. The van der Waals surface area contributed by atoms with E-state index in [4.69, 9.17) is 0 Å². The third-order valence-corrected chi connectivity index (χ3v) is 2.95. The maximum Gasteiger partial charge on any atom is 0.116 e. The van der Waals surface area contributed by atoms with Gasteiger partial charge >= 0.3 is 0 Å². The maximum absolute atomic E-state index is 4.38. The Morgan fingerprint density at radius 3 is 3.20 bits per heavy atom. The highest BCUT2D eigenvalue weighted by Crippen LogP contribution is 2.25. The zero-order chi connectivity index (χ0) is 10.1. The van der Waals surface area contributed by atoms with E-state index in [0.29, 0.717) is 6.04 Å². The summed E-state index contributed by atoms with van der Waals surface area (Å²) < 4.78 is 0. The molecule has 0 aliphatic carbocycles. The molecular weight excluding hydrogens is 188 g/mol. The van der Waals surface area contributed by atoms with Crippen LogP contribution < -0.4 is 5.32 Å². The minimum absolute atomic E-state index is 0.372. The molecule has 0 saturated carbocycles. The molecule has 4 nitrogen and oxygen atoms in total. The van der Waals surface area contributed by atoms with Gasteiger partial charge in [0.25, 0.3) is 0 Å². The summed E-state index contributed by atoms with van der Waals surface area (Å²) in [5.41, 5.74) is 3.06. The fraction of sp³-hybridized carbons (Fsp3) is 0.455. The third-order valence-electron chi connectivity index (χ3n) is 2.95. The van der Waals surface area contributed by atoms with Gasteiger partial charge in [0.05, 0.1) is 29.0 Å². The van der Waals surface area contributed by atoms with Crippen molar-refractivity contribution in [3.8, 4) is 0 Å². The molecule has 0 spiro atoms. The molecule has 15 heavy (non-hydrogen) atoms. The minimum Gasteiger partial charge on any atom is -0.350 e. The molecule has 3 heterocycles. The summed E-state index contributed by atoms with van der Waals surface area (Å²) in [6.07, 6.45) is 8.29. The zero-order valence-electron chi connectivity index (χ0n) is 8.45. The van der Waals surface area contributed by atoms with E-state index >= 15 is 0 Å². The van der Waals surface area contributed by atoms with Crippen LogP contribution >= 0.6 is 0 Å². The van der Waals surface area contributed by atoms with Gasteiger partial charge in [-0.05, 0) is 25.5 Å². The maximum atomic E-state index is 4.38. The zero-order valence-corrected chi connectivity index (χ0v) is 8.45. The third kappa shape index (κ3) is 1.51. The van der Waals surface area contributed by atoms with Crippen LogP contribution in [0.15, 0.2) is 12.4 Å². The SMILES string of the molecule is [c]1cc2ncnc(C3CCCCN3)c2[nH]1. The number of fused-ring (bicyclic) bond motifs is 1. The van der Waals surface area contributed by atoms with Gasteiger partial charge in [0.1, 0.15) is 6.33 Å². The van der Waals surface area contributed by atoms with E-state index in [1.54, 1.807) is 6.33 Å². The average molecular weight is 201 g/mol. The second kappa shape index (κ2) is 3.62. The number of nitrogens with zero attached hydrogens (tertiary/aromatic N) is 2. The average Bonchev–Trinajstić information content (AvgIpc) is 2.78. The molecule has 0 aromatic carbocycles. The fourth-order valence-corrected chi connectivity index (χ4v) is 2.18. The Hall–Kier alpha value is -1.42. The van der Waals surface area contributed by atoms with Gasteiger partial charge in [0.15, 0.2) is 0 Å². The van der Waals surface area contributed by atoms with Crippen LogP contribution in [0.1, 0.15) is 31.0 Å². The molecule has 1 aliphatic heterocycles. The summed E-state index contributed by atoms with van der Waals surface area (Å²) in [4.78, 5) is 11.7. The number of piperidine rings is 1. The van der Waals surface area contributed by atoms with E-state index in [-0.39, 0.29) is 0 Å². The number of nitrogens with one attached hydrogen (secondary N) is 2. The van der Waals surface area contributed by atoms with Crippen LogP contribution in [0, 0.1) is 6.20 Å². The monoisotopic (exact) mass is 201 g/mol. The molecule has 1 unspecified atom stereocenters. The topological polar surface area (TPSA) is 53.6 Å². The minimum atomic E-state index is 0.372. The van der Waals surface area contributed by atoms with E-state index in [2.05, 4.69) is 26.5 Å². The van der Waals surface area contributed by atoms with Crippen molar-refractivity contribution in [1.82, 2.24) is 20.3 Å². The lowest BCUT2D eigenvalue weighted by molar-refractivity contribution is 0.407. The number of rotatable bonds is 1. The van der Waals surface area contributed by atoms with Gasteiger partial charge < -0.3 is 10.3 Å². The lowest BCUT2D eigenvalue weighted by Gasteiger charge is -2.22. The Kier molecular flexibility index (Phi) is 2.14. The van der Waals surface area contributed by atoms with Crippen molar-refractivity contribution in [1.29, 1.82) is 0 Å². The molecule has 1 radical (unpaired) electrons. The molecule has 2 aromatic rings. The summed E-state index contributed by atoms with van der Waals surface area (Å²) in [7, 11) is 0. The van der Waals surface area contributed by atoms with Gasteiger partial charge in [0.2, 0.25) is 0 Å². The summed E-state index contributed by atoms with van der Waals surface area (Å²) in [6.45, 7) is 1.08. The Labute approximate surface area is 88.1 Å². The normalized spacial score (nSPS) is 22.0. The van der Waals surface area contributed by atoms with Crippen molar-refractivity contribution >= 4 is 11.0 Å². The number of H-pyrrole nitrogens is 1. The first-order valence-corrected chi connectivity index (χ1v) is 5.38. The highest BCUT2D eigenvalue weighted by molar-refractivity contribution is 5.76. The quantitative estimate of drug-likeness (QED) is 0.736. The molecule has 1 aliphatic rings. The Morgan fingerprint density at radius 2 is 2.33 bits per heavy atom. The molecule has 3 rings (SSSR count). The largest absolute Gasteiger partial charge is 0.350 e. The standard InChI is InChI=1S/C11H13N4/c1-2-5-12-8(3-1)11-10-9(4-6-13-10)14-7-15-11/h4,7-8,12-13H,1-3,5H2. The van der Waals surface area contributed by atoms with Gasteiger partial charge in [-0.15, -0.1) is 0 Å². The van der Waals surface area contributed by atoms with E-state index in [9.17, 15) is 0 Å². The first-order chi connectivity index (χ1) is 7.45. The first-order valence-electron chi connectivity index (χ1n) is 5.38. The summed E-state index contributed by atoms with van der Waals surface area (Å²) in [6, 6.07) is 2.24. The van der Waals surface area contributed by atoms with Crippen LogP contribution in [0.5, 0.6) is 0 Å². The molecular formula is C11H13N4. The molecule has 0 amide bonds. The van der Waals surface area contributed by atoms with Crippen molar-refractivity contribution in [3.63, 3.8) is 0 Å². The van der Waals surface area contributed by atoms with E-state index < -0.39 is 0 Å². The predicted octanol–water partition coefficient (Wildman–Crippen LogP) is 1.57. The number of hydrogen-bond donors (Lipinski definition) is 2. The molecule has 1 fully saturated rings. The van der Waals surface area contributed by atoms with Crippen molar-refractivity contribution in [2.24, 2.45) is 0 Å². The van der Waals surface area contributed by atoms with Crippen molar-refractivity contribution < 1.29 is 0 Å². The molecule has 4 heteroatoms. The van der Waals surface area contributed by atoms with E-state index in [0.717, 1.165) is 29.7 Å². The highest BCUT2D eigenvalue weighted by atomic mass is 15.0. The van der Waals surface area contributed by atoms with Gasteiger partial charge in [0, 0.05) is 0 Å². The van der Waals surface area contributed by atoms with Crippen LogP contribution in [-0.4, -0.2) is 21.5 Å². The summed E-state index contributed by atoms with van der Waals surface area (Å²) in [5, 5.41) is 3.49. The molecule has 2 N–H and O–H groups in total. The Morgan fingerprint density at radius 1 is 1.33 bits per heavy atom. The van der Waals surface area contributed by atoms with E-state index in [1.807, 2.05) is 6.07 Å². The number of aromatic amines is 1. The molecule has 1 saturated heterocycles. The lowest BCUT2D eigenvalue weighted by Crippen LogP contribution is -2.27. The second-order valence-electron chi connectivity index (χ2n) is 3.94. The first kappa shape index (κ1) is 8.85. The molecule has 2 aromatic heterocycles. The van der Waals surface area contributed by atoms with Gasteiger partial charge in [-0.3, -0.25) is 0 Å². The van der Waals surface area contributed by atoms with Crippen LogP contribution in [0.25, 0.3) is 11.0 Å². The Bertz CT molecular complexity index is 456. The van der Waals surface area contributed by atoms with Gasteiger partial charge in [-0.25, -0.2) is 9.97 Å². The van der Waals surface area contributed by atoms with Crippen LogP contribution in [0.3, 0.4) is 0 Å². The van der Waals surface area contributed by atoms with Crippen molar-refractivity contribution in [2.45, 2.75) is 25.3 Å². The Balaban J connectivity index is 2.05. The molecule has 77 valence electrons. The van der Waals surface area contributed by atoms with Crippen LogP contribution in [-0.2, 0) is 0 Å². The second-order valence-corrected chi connectivity index (χ2v) is 3.94. The number of hydrogen-bond acceptors (Lipinski definition) is 3. The van der Waals surface area contributed by atoms with Crippen molar-refractivity contribution in [3.05, 3.63) is 24.3 Å². The van der Waals surface area contributed by atoms with Gasteiger partial charge in [-0.1, -0.05) is 6.42 Å². The fourth-order valence-electron chi connectivity index (χ4n) is 2.18. The predicted molar refractivity (Wildman–Crippen MR) is 57.3 cm³/mol. The lowest BCUT2D eigenvalue weighted by atomic mass is 10.0. The summed E-state index contributed by atoms with van der Waals surface area (Å²) >= 11 is 0.